The van der Waals surface area contributed by atoms with E-state index in [-0.39, 0.29) is 0 Å². The first-order valence-electron chi connectivity index (χ1n) is 4.26. The summed E-state index contributed by atoms with van der Waals surface area (Å²) in [7, 11) is 0. The Bertz CT molecular complexity index is 308. The average Bonchev–Trinajstić information content (AvgIpc) is 2.67. The molecule has 2 rings (SSSR count). The smallest absolute Gasteiger partial charge is 0.102 e. The Morgan fingerprint density at radius 3 is 2.69 bits per heavy atom. The monoisotopic (exact) mass is 192 g/mol. The lowest BCUT2D eigenvalue weighted by Gasteiger charge is -2.11. The Morgan fingerprint density at radius 1 is 1.31 bits per heavy atom. The summed E-state index contributed by atoms with van der Waals surface area (Å²) >= 11 is 1.78. The van der Waals surface area contributed by atoms with Crippen LogP contribution in [-0.2, 0) is 0 Å². The molecule has 1 atom stereocenters. The molecular weight excluding hydrogens is 180 g/mol. The molecule has 0 saturated carbocycles. The summed E-state index contributed by atoms with van der Waals surface area (Å²) in [5.74, 6) is 0. The van der Waals surface area contributed by atoms with Gasteiger partial charge in [-0.3, -0.25) is 0 Å². The highest BCUT2D eigenvalue weighted by Crippen LogP contribution is 2.33. The molecule has 0 spiro atoms. The highest BCUT2D eigenvalue weighted by Gasteiger charge is 2.16. The molecule has 0 aliphatic carbocycles. The van der Waals surface area contributed by atoms with Crippen molar-refractivity contribution in [2.45, 2.75) is 5.37 Å². The molecule has 1 heterocycles. The van der Waals surface area contributed by atoms with E-state index in [1.807, 2.05) is 6.07 Å². The predicted molar refractivity (Wildman–Crippen MR) is 57.0 cm³/mol. The molecule has 0 saturated heterocycles. The van der Waals surface area contributed by atoms with E-state index >= 15 is 0 Å². The molecule has 1 aliphatic heterocycles. The van der Waals surface area contributed by atoms with Gasteiger partial charge in [0, 0.05) is 12.2 Å². The predicted octanol–water partition coefficient (Wildman–Crippen LogP) is 1.82. The maximum absolute atomic E-state index is 5.53. The number of hydrogen-bond acceptors (Lipinski definition) is 3. The first-order valence-corrected chi connectivity index (χ1v) is 5.20. The Balaban J connectivity index is 2.07. The molecule has 3 heteroatoms. The van der Waals surface area contributed by atoms with Gasteiger partial charge in [-0.05, 0) is 11.0 Å². The van der Waals surface area contributed by atoms with Crippen LogP contribution < -0.4 is 11.1 Å². The summed E-state index contributed by atoms with van der Waals surface area (Å²) in [6.45, 7) is 0.594. The van der Waals surface area contributed by atoms with Crippen molar-refractivity contribution in [2.24, 2.45) is 5.73 Å². The third-order valence-corrected chi connectivity index (χ3v) is 3.07. The van der Waals surface area contributed by atoms with E-state index in [0.717, 1.165) is 5.70 Å². The zero-order chi connectivity index (χ0) is 9.10. The van der Waals surface area contributed by atoms with E-state index in [4.69, 9.17) is 5.73 Å². The van der Waals surface area contributed by atoms with E-state index < -0.39 is 0 Å². The fourth-order valence-corrected chi connectivity index (χ4v) is 2.28. The second-order valence-electron chi connectivity index (χ2n) is 2.92. The third kappa shape index (κ3) is 1.87. The van der Waals surface area contributed by atoms with Gasteiger partial charge in [-0.2, -0.15) is 0 Å². The van der Waals surface area contributed by atoms with Crippen molar-refractivity contribution in [3.05, 3.63) is 47.0 Å². The first-order chi connectivity index (χ1) is 6.40. The third-order valence-electron chi connectivity index (χ3n) is 1.99. The molecular formula is C10H12N2S. The zero-order valence-electron chi connectivity index (χ0n) is 7.23. The number of nitrogens with one attached hydrogen (secondary N) is 1. The van der Waals surface area contributed by atoms with Crippen molar-refractivity contribution in [1.29, 1.82) is 0 Å². The van der Waals surface area contributed by atoms with Crippen LogP contribution in [0.5, 0.6) is 0 Å². The van der Waals surface area contributed by atoms with Crippen LogP contribution in [0, 0.1) is 0 Å². The maximum atomic E-state index is 5.53. The lowest BCUT2D eigenvalue weighted by atomic mass is 10.2. The van der Waals surface area contributed by atoms with E-state index in [2.05, 4.69) is 35.0 Å². The minimum Gasteiger partial charge on any atom is -0.371 e. The maximum Gasteiger partial charge on any atom is 0.102 e. The molecule has 3 N–H and O–H groups in total. The number of benzene rings is 1. The van der Waals surface area contributed by atoms with Crippen molar-refractivity contribution in [1.82, 2.24) is 5.32 Å². The summed E-state index contributed by atoms with van der Waals surface area (Å²) in [5, 5.41) is 5.80. The van der Waals surface area contributed by atoms with Gasteiger partial charge >= 0.3 is 0 Å². The van der Waals surface area contributed by atoms with Crippen LogP contribution in [0.2, 0.25) is 0 Å². The average molecular weight is 192 g/mol. The van der Waals surface area contributed by atoms with Crippen molar-refractivity contribution in [3.63, 3.8) is 0 Å². The van der Waals surface area contributed by atoms with Crippen molar-refractivity contribution in [2.75, 3.05) is 6.54 Å². The van der Waals surface area contributed by atoms with Crippen LogP contribution in [0.25, 0.3) is 0 Å². The van der Waals surface area contributed by atoms with Crippen molar-refractivity contribution >= 4 is 11.8 Å². The highest BCUT2D eigenvalue weighted by molar-refractivity contribution is 8.02. The molecule has 0 bridgehead atoms. The van der Waals surface area contributed by atoms with Crippen LogP contribution in [0.3, 0.4) is 0 Å². The number of rotatable bonds is 2. The minimum absolute atomic E-state index is 0.347. The molecule has 1 aromatic carbocycles. The summed E-state index contributed by atoms with van der Waals surface area (Å²) < 4.78 is 0. The molecule has 2 nitrogen and oxygen atoms in total. The number of nitrogens with two attached hydrogens (primary N) is 1. The zero-order valence-corrected chi connectivity index (χ0v) is 8.05. The Labute approximate surface area is 82.2 Å². The summed E-state index contributed by atoms with van der Waals surface area (Å²) in [6.07, 6.45) is 0. The lowest BCUT2D eigenvalue weighted by Crippen LogP contribution is -2.18. The molecule has 1 unspecified atom stereocenters. The Morgan fingerprint density at radius 2 is 2.08 bits per heavy atom. The largest absolute Gasteiger partial charge is 0.371 e. The molecule has 1 aliphatic rings. The highest BCUT2D eigenvalue weighted by atomic mass is 32.2. The van der Waals surface area contributed by atoms with Gasteiger partial charge < -0.3 is 11.1 Å². The topological polar surface area (TPSA) is 38.0 Å². The van der Waals surface area contributed by atoms with E-state index in [1.165, 1.54) is 5.56 Å². The van der Waals surface area contributed by atoms with E-state index in [0.29, 0.717) is 11.9 Å². The van der Waals surface area contributed by atoms with Gasteiger partial charge in [0.15, 0.2) is 0 Å². The Kier molecular flexibility index (Phi) is 2.57. The van der Waals surface area contributed by atoms with Crippen LogP contribution >= 0.6 is 11.8 Å². The first kappa shape index (κ1) is 8.66. The molecule has 0 amide bonds. The van der Waals surface area contributed by atoms with Crippen LogP contribution in [0.1, 0.15) is 10.9 Å². The molecule has 68 valence electrons. The molecule has 0 aromatic heterocycles. The fraction of sp³-hybridized carbons (Fsp3) is 0.200. The quantitative estimate of drug-likeness (QED) is 0.750. The molecule has 0 radical (unpaired) electrons. The lowest BCUT2D eigenvalue weighted by molar-refractivity contribution is 0.788. The van der Waals surface area contributed by atoms with Crippen LogP contribution in [-0.4, -0.2) is 6.54 Å². The van der Waals surface area contributed by atoms with Gasteiger partial charge in [0.1, 0.15) is 5.37 Å². The van der Waals surface area contributed by atoms with Crippen molar-refractivity contribution < 1.29 is 0 Å². The number of hydrogen-bond donors (Lipinski definition) is 2. The van der Waals surface area contributed by atoms with E-state index in [9.17, 15) is 0 Å². The minimum atomic E-state index is 0.347. The standard InChI is InChI=1S/C10H12N2S/c11-6-9-7-13-10(12-9)8-4-2-1-3-5-8/h1-5,7,10,12H,6,11H2. The van der Waals surface area contributed by atoms with Crippen LogP contribution in [0.4, 0.5) is 0 Å². The summed E-state index contributed by atoms with van der Waals surface area (Å²) in [5.41, 5.74) is 7.95. The number of thioether (sulfide) groups is 1. The van der Waals surface area contributed by atoms with Gasteiger partial charge in [0.25, 0.3) is 0 Å². The molecule has 0 fully saturated rings. The van der Waals surface area contributed by atoms with Gasteiger partial charge in [-0.1, -0.05) is 30.3 Å². The Hall–Kier alpha value is -0.930. The fourth-order valence-electron chi connectivity index (χ4n) is 1.28. The van der Waals surface area contributed by atoms with Gasteiger partial charge in [0.05, 0.1) is 0 Å². The van der Waals surface area contributed by atoms with Crippen LogP contribution in [0.15, 0.2) is 41.4 Å². The van der Waals surface area contributed by atoms with Gasteiger partial charge in [-0.15, -0.1) is 11.8 Å². The molecule has 13 heavy (non-hydrogen) atoms. The van der Waals surface area contributed by atoms with Crippen molar-refractivity contribution in [3.8, 4) is 0 Å². The van der Waals surface area contributed by atoms with Gasteiger partial charge in [-0.25, -0.2) is 0 Å². The second kappa shape index (κ2) is 3.85. The van der Waals surface area contributed by atoms with Gasteiger partial charge in [0.2, 0.25) is 0 Å². The van der Waals surface area contributed by atoms with E-state index in [1.54, 1.807) is 11.8 Å². The summed E-state index contributed by atoms with van der Waals surface area (Å²) in [4.78, 5) is 0. The molecule has 1 aromatic rings. The summed E-state index contributed by atoms with van der Waals surface area (Å²) in [6, 6.07) is 10.4. The normalized spacial score (nSPS) is 21.0. The second-order valence-corrected chi connectivity index (χ2v) is 3.90. The SMILES string of the molecule is NCC1=CSC(c2ccccc2)N1.